The molecule has 0 unspecified atom stereocenters. The van der Waals surface area contributed by atoms with Crippen molar-refractivity contribution in [3.63, 3.8) is 0 Å². The van der Waals surface area contributed by atoms with Crippen LogP contribution in [-0.2, 0) is 5.41 Å². The van der Waals surface area contributed by atoms with E-state index in [1.54, 1.807) is 6.20 Å². The predicted octanol–water partition coefficient (Wildman–Crippen LogP) is 3.17. The Morgan fingerprint density at radius 2 is 1.93 bits per heavy atom. The Labute approximate surface area is 86.3 Å². The molecule has 1 heterocycles. The summed E-state index contributed by atoms with van der Waals surface area (Å²) in [5.41, 5.74) is 1.15. The summed E-state index contributed by atoms with van der Waals surface area (Å²) in [6.07, 6.45) is 2.02. The Hall–Kier alpha value is -1.05. The van der Waals surface area contributed by atoms with Gasteiger partial charge in [0.25, 0.3) is 0 Å². The Morgan fingerprint density at radius 3 is 2.43 bits per heavy atom. The quantitative estimate of drug-likeness (QED) is 0.719. The summed E-state index contributed by atoms with van der Waals surface area (Å²) >= 11 is 0. The van der Waals surface area contributed by atoms with Crippen molar-refractivity contribution in [3.8, 4) is 5.75 Å². The minimum absolute atomic E-state index is 0.0797. The van der Waals surface area contributed by atoms with Gasteiger partial charge in [0.2, 0.25) is 0 Å². The minimum atomic E-state index is 0.0797. The minimum Gasteiger partial charge on any atom is -0.491 e. The highest BCUT2D eigenvalue weighted by Gasteiger charge is 2.15. The van der Waals surface area contributed by atoms with Crippen LogP contribution >= 0.6 is 0 Å². The molecule has 2 heteroatoms. The highest BCUT2D eigenvalue weighted by molar-refractivity contribution is 5.26. The van der Waals surface area contributed by atoms with Crippen LogP contribution in [0.1, 0.15) is 40.3 Å². The molecule has 0 radical (unpaired) electrons. The second-order valence-electron chi connectivity index (χ2n) is 4.79. The van der Waals surface area contributed by atoms with Gasteiger partial charge in [0.05, 0.1) is 6.10 Å². The molecule has 0 saturated carbocycles. The summed E-state index contributed by atoms with van der Waals surface area (Å²) in [4.78, 5) is 4.34. The molecule has 1 aromatic rings. The normalized spacial score (nSPS) is 11.9. The summed E-state index contributed by atoms with van der Waals surface area (Å²) in [7, 11) is 0. The molecule has 2 nitrogen and oxygen atoms in total. The first kappa shape index (κ1) is 11.0. The molecule has 0 aliphatic carbocycles. The fourth-order valence-corrected chi connectivity index (χ4v) is 1.17. The number of aromatic nitrogens is 1. The van der Waals surface area contributed by atoms with E-state index in [1.807, 2.05) is 26.0 Å². The van der Waals surface area contributed by atoms with Crippen LogP contribution < -0.4 is 4.74 Å². The van der Waals surface area contributed by atoms with Crippen LogP contribution in [-0.4, -0.2) is 11.1 Å². The van der Waals surface area contributed by atoms with Crippen molar-refractivity contribution in [1.82, 2.24) is 4.98 Å². The second kappa shape index (κ2) is 3.99. The fourth-order valence-electron chi connectivity index (χ4n) is 1.17. The van der Waals surface area contributed by atoms with Gasteiger partial charge in [-0.2, -0.15) is 0 Å². The van der Waals surface area contributed by atoms with Crippen LogP contribution in [0.4, 0.5) is 0 Å². The standard InChI is InChI=1S/C12H19NO/c1-9(2)14-10-6-7-13-11(8-10)12(3,4)5/h6-9H,1-5H3. The molecule has 0 aliphatic heterocycles. The molecule has 78 valence electrons. The zero-order chi connectivity index (χ0) is 10.8. The fraction of sp³-hybridized carbons (Fsp3) is 0.583. The molecule has 1 aromatic heterocycles. The van der Waals surface area contributed by atoms with Crippen LogP contribution in [0.15, 0.2) is 18.3 Å². The SMILES string of the molecule is CC(C)Oc1ccnc(C(C)(C)C)c1. The van der Waals surface area contributed by atoms with Crippen LogP contribution in [0.25, 0.3) is 0 Å². The van der Waals surface area contributed by atoms with Gasteiger partial charge in [0.15, 0.2) is 0 Å². The molecule has 0 fully saturated rings. The van der Waals surface area contributed by atoms with Gasteiger partial charge >= 0.3 is 0 Å². The average molecular weight is 193 g/mol. The first-order valence-electron chi connectivity index (χ1n) is 5.03. The van der Waals surface area contributed by atoms with Crippen molar-refractivity contribution in [2.24, 2.45) is 0 Å². The Balaban J connectivity index is 2.90. The molecule has 0 saturated heterocycles. The van der Waals surface area contributed by atoms with Crippen molar-refractivity contribution in [3.05, 3.63) is 24.0 Å². The third-order valence-electron chi connectivity index (χ3n) is 1.87. The van der Waals surface area contributed by atoms with Crippen LogP contribution in [0.5, 0.6) is 5.75 Å². The highest BCUT2D eigenvalue weighted by Crippen LogP contribution is 2.23. The predicted molar refractivity (Wildman–Crippen MR) is 58.7 cm³/mol. The van der Waals surface area contributed by atoms with Gasteiger partial charge in [-0.3, -0.25) is 4.98 Å². The summed E-state index contributed by atoms with van der Waals surface area (Å²) in [6.45, 7) is 10.5. The molecule has 0 amide bonds. The van der Waals surface area contributed by atoms with Gasteiger partial charge in [-0.15, -0.1) is 0 Å². The number of pyridine rings is 1. The van der Waals surface area contributed by atoms with E-state index in [4.69, 9.17) is 4.74 Å². The zero-order valence-corrected chi connectivity index (χ0v) is 9.66. The third-order valence-corrected chi connectivity index (χ3v) is 1.87. The molecule has 0 aliphatic rings. The monoisotopic (exact) mass is 193 g/mol. The number of hydrogen-bond donors (Lipinski definition) is 0. The largest absolute Gasteiger partial charge is 0.491 e. The topological polar surface area (TPSA) is 22.1 Å². The van der Waals surface area contributed by atoms with E-state index in [0.29, 0.717) is 0 Å². The van der Waals surface area contributed by atoms with Gasteiger partial charge in [-0.05, 0) is 19.9 Å². The van der Waals surface area contributed by atoms with E-state index in [0.717, 1.165) is 11.4 Å². The Morgan fingerprint density at radius 1 is 1.29 bits per heavy atom. The van der Waals surface area contributed by atoms with E-state index < -0.39 is 0 Å². The van der Waals surface area contributed by atoms with Crippen LogP contribution in [0.3, 0.4) is 0 Å². The molecular formula is C12H19NO. The number of nitrogens with zero attached hydrogens (tertiary/aromatic N) is 1. The van der Waals surface area contributed by atoms with E-state index >= 15 is 0 Å². The molecule has 14 heavy (non-hydrogen) atoms. The summed E-state index contributed by atoms with van der Waals surface area (Å²) in [5, 5.41) is 0. The van der Waals surface area contributed by atoms with E-state index in [-0.39, 0.29) is 11.5 Å². The Bertz CT molecular complexity index is 299. The summed E-state index contributed by atoms with van der Waals surface area (Å²) < 4.78 is 5.61. The second-order valence-corrected chi connectivity index (χ2v) is 4.79. The maximum Gasteiger partial charge on any atom is 0.123 e. The van der Waals surface area contributed by atoms with Crippen molar-refractivity contribution in [1.29, 1.82) is 0 Å². The van der Waals surface area contributed by atoms with E-state index in [9.17, 15) is 0 Å². The van der Waals surface area contributed by atoms with Gasteiger partial charge in [0, 0.05) is 23.4 Å². The lowest BCUT2D eigenvalue weighted by atomic mass is 9.91. The van der Waals surface area contributed by atoms with E-state index in [1.165, 1.54) is 0 Å². The highest BCUT2D eigenvalue weighted by atomic mass is 16.5. The summed E-state index contributed by atoms with van der Waals surface area (Å²) in [5.74, 6) is 0.903. The zero-order valence-electron chi connectivity index (χ0n) is 9.66. The van der Waals surface area contributed by atoms with Crippen molar-refractivity contribution < 1.29 is 4.74 Å². The molecule has 0 atom stereocenters. The smallest absolute Gasteiger partial charge is 0.123 e. The van der Waals surface area contributed by atoms with Gasteiger partial charge < -0.3 is 4.74 Å². The third kappa shape index (κ3) is 3.02. The van der Waals surface area contributed by atoms with Gasteiger partial charge in [0.1, 0.15) is 5.75 Å². The maximum absolute atomic E-state index is 5.61. The first-order valence-corrected chi connectivity index (χ1v) is 5.03. The lowest BCUT2D eigenvalue weighted by Crippen LogP contribution is -2.14. The molecule has 0 aromatic carbocycles. The van der Waals surface area contributed by atoms with Crippen molar-refractivity contribution >= 4 is 0 Å². The molecule has 0 bridgehead atoms. The first-order chi connectivity index (χ1) is 6.39. The summed E-state index contributed by atoms with van der Waals surface area (Å²) in [6, 6.07) is 3.91. The maximum atomic E-state index is 5.61. The Kier molecular flexibility index (Phi) is 3.14. The molecular weight excluding hydrogens is 174 g/mol. The lowest BCUT2D eigenvalue weighted by Gasteiger charge is -2.19. The number of rotatable bonds is 2. The lowest BCUT2D eigenvalue weighted by molar-refractivity contribution is 0.241. The average Bonchev–Trinajstić information content (AvgIpc) is 2.01. The van der Waals surface area contributed by atoms with Gasteiger partial charge in [-0.1, -0.05) is 20.8 Å². The van der Waals surface area contributed by atoms with Gasteiger partial charge in [-0.25, -0.2) is 0 Å². The van der Waals surface area contributed by atoms with Crippen LogP contribution in [0, 0.1) is 0 Å². The van der Waals surface area contributed by atoms with E-state index in [2.05, 4.69) is 25.8 Å². The van der Waals surface area contributed by atoms with Crippen molar-refractivity contribution in [2.75, 3.05) is 0 Å². The molecule has 1 rings (SSSR count). The number of ether oxygens (including phenoxy) is 1. The molecule has 0 spiro atoms. The number of hydrogen-bond acceptors (Lipinski definition) is 2. The molecule has 0 N–H and O–H groups in total. The van der Waals surface area contributed by atoms with Crippen molar-refractivity contribution in [2.45, 2.75) is 46.1 Å². The van der Waals surface area contributed by atoms with Crippen LogP contribution in [0.2, 0.25) is 0 Å².